The van der Waals surface area contributed by atoms with E-state index in [1.165, 1.54) is 19.7 Å². The van der Waals surface area contributed by atoms with E-state index in [-0.39, 0.29) is 24.5 Å². The molecule has 0 aliphatic rings. The number of nitrogens with one attached hydrogen (secondary N) is 3. The molecule has 0 aliphatic heterocycles. The molecule has 0 saturated carbocycles. The van der Waals surface area contributed by atoms with Crippen LogP contribution >= 0.6 is 0 Å². The zero-order valence-electron chi connectivity index (χ0n) is 17.3. The van der Waals surface area contributed by atoms with Crippen molar-refractivity contribution in [3.05, 3.63) is 77.9 Å². The molecule has 166 valence electrons. The van der Waals surface area contributed by atoms with Crippen molar-refractivity contribution in [3.8, 4) is 11.5 Å². The van der Waals surface area contributed by atoms with Crippen molar-refractivity contribution in [2.75, 3.05) is 7.11 Å². The minimum absolute atomic E-state index is 0.0678. The number of aromatic nitrogens is 2. The number of benzene rings is 2. The van der Waals surface area contributed by atoms with Gasteiger partial charge >= 0.3 is 6.09 Å². The molecule has 0 bridgehead atoms. The third kappa shape index (κ3) is 6.33. The number of imidazole rings is 1. The van der Waals surface area contributed by atoms with Gasteiger partial charge in [0.25, 0.3) is 5.91 Å². The smallest absolute Gasteiger partial charge is 0.408 e. The van der Waals surface area contributed by atoms with Gasteiger partial charge in [-0.25, -0.2) is 15.2 Å². The minimum Gasteiger partial charge on any atom is -0.504 e. The Hall–Kier alpha value is -4.34. The number of aromatic amines is 1. The van der Waals surface area contributed by atoms with Gasteiger partial charge in [0.1, 0.15) is 12.6 Å². The first-order valence-corrected chi connectivity index (χ1v) is 9.70. The van der Waals surface area contributed by atoms with E-state index in [4.69, 9.17) is 9.47 Å². The summed E-state index contributed by atoms with van der Waals surface area (Å²) < 4.78 is 10.2. The molecular weight excluding hydrogens is 414 g/mol. The molecule has 0 radical (unpaired) electrons. The predicted octanol–water partition coefficient (Wildman–Crippen LogP) is 2.11. The molecule has 1 atom stereocenters. The number of carbonyl (C=O) groups is 2. The first-order valence-electron chi connectivity index (χ1n) is 9.70. The van der Waals surface area contributed by atoms with Crippen LogP contribution in [0.25, 0.3) is 0 Å². The van der Waals surface area contributed by atoms with Crippen molar-refractivity contribution in [1.29, 1.82) is 0 Å². The fraction of sp³-hybridized carbons (Fsp3) is 0.182. The number of phenolic OH excluding ortho intramolecular Hbond substituents is 1. The topological polar surface area (TPSA) is 138 Å². The van der Waals surface area contributed by atoms with Gasteiger partial charge in [-0.15, -0.1) is 0 Å². The summed E-state index contributed by atoms with van der Waals surface area (Å²) in [6.45, 7) is 0.0678. The highest BCUT2D eigenvalue weighted by molar-refractivity contribution is 5.89. The largest absolute Gasteiger partial charge is 0.504 e. The third-order valence-electron chi connectivity index (χ3n) is 4.43. The van der Waals surface area contributed by atoms with Crippen LogP contribution in [0.3, 0.4) is 0 Å². The van der Waals surface area contributed by atoms with E-state index in [1.807, 2.05) is 30.3 Å². The monoisotopic (exact) mass is 437 g/mol. The number of aromatic hydroxyl groups is 1. The second kappa shape index (κ2) is 11.2. The molecule has 2 aromatic carbocycles. The number of alkyl carbamates (subject to hydrolysis) is 1. The molecule has 3 rings (SSSR count). The molecule has 3 aromatic rings. The van der Waals surface area contributed by atoms with Crippen molar-refractivity contribution in [1.82, 2.24) is 20.7 Å². The summed E-state index contributed by atoms with van der Waals surface area (Å²) in [6.07, 6.45) is 3.70. The highest BCUT2D eigenvalue weighted by Crippen LogP contribution is 2.27. The van der Waals surface area contributed by atoms with E-state index in [0.717, 1.165) is 5.56 Å². The Morgan fingerprint density at radius 3 is 2.75 bits per heavy atom. The van der Waals surface area contributed by atoms with Gasteiger partial charge in [-0.3, -0.25) is 4.79 Å². The third-order valence-corrected chi connectivity index (χ3v) is 4.43. The van der Waals surface area contributed by atoms with Crippen molar-refractivity contribution in [2.45, 2.75) is 19.1 Å². The average molecular weight is 437 g/mol. The van der Waals surface area contributed by atoms with Crippen LogP contribution in [-0.2, 0) is 22.6 Å². The normalized spacial score (nSPS) is 11.7. The Morgan fingerprint density at radius 2 is 2.03 bits per heavy atom. The van der Waals surface area contributed by atoms with Gasteiger partial charge in [-0.05, 0) is 17.7 Å². The zero-order valence-corrected chi connectivity index (χ0v) is 17.3. The lowest BCUT2D eigenvalue weighted by Gasteiger charge is -2.16. The zero-order chi connectivity index (χ0) is 22.8. The Labute approximate surface area is 184 Å². The molecule has 1 heterocycles. The molecule has 0 saturated heterocycles. The number of H-pyrrole nitrogens is 1. The lowest BCUT2D eigenvalue weighted by Crippen LogP contribution is -2.47. The lowest BCUT2D eigenvalue weighted by molar-refractivity contribution is -0.123. The number of hydrogen-bond donors (Lipinski definition) is 4. The first kappa shape index (κ1) is 22.3. The molecule has 4 N–H and O–H groups in total. The van der Waals surface area contributed by atoms with Crippen LogP contribution in [0.15, 0.2) is 66.2 Å². The number of nitrogens with zero attached hydrogens (tertiary/aromatic N) is 2. The highest BCUT2D eigenvalue weighted by Gasteiger charge is 2.22. The summed E-state index contributed by atoms with van der Waals surface area (Å²) in [5, 5.41) is 16.5. The SMILES string of the molecule is COc1cccc(/C=N\NC(=O)[C@H](Cc2cnc[nH]2)NC(=O)OCc2ccccc2)c1O. The van der Waals surface area contributed by atoms with Gasteiger partial charge in [-0.2, -0.15) is 5.10 Å². The number of carbonyl (C=O) groups excluding carboxylic acids is 2. The second-order valence-corrected chi connectivity index (χ2v) is 6.67. The van der Waals surface area contributed by atoms with Crippen LogP contribution in [0.4, 0.5) is 4.79 Å². The van der Waals surface area contributed by atoms with Crippen molar-refractivity contribution >= 4 is 18.2 Å². The minimum atomic E-state index is -0.977. The van der Waals surface area contributed by atoms with E-state index in [9.17, 15) is 14.7 Å². The number of hydrazone groups is 1. The summed E-state index contributed by atoms with van der Waals surface area (Å²) in [7, 11) is 1.43. The Bertz CT molecular complexity index is 1050. The number of rotatable bonds is 9. The van der Waals surface area contributed by atoms with Crippen LogP contribution < -0.4 is 15.5 Å². The molecule has 1 aromatic heterocycles. The highest BCUT2D eigenvalue weighted by atomic mass is 16.5. The number of amides is 2. The van der Waals surface area contributed by atoms with Gasteiger partial charge in [0.05, 0.1) is 19.7 Å². The van der Waals surface area contributed by atoms with Gasteiger partial charge in [0.15, 0.2) is 11.5 Å². The summed E-state index contributed by atoms with van der Waals surface area (Å²) in [4.78, 5) is 31.7. The second-order valence-electron chi connectivity index (χ2n) is 6.67. The fourth-order valence-electron chi connectivity index (χ4n) is 2.78. The van der Waals surface area contributed by atoms with E-state index < -0.39 is 18.0 Å². The molecule has 2 amide bonds. The molecule has 0 spiro atoms. The molecule has 10 nitrogen and oxygen atoms in total. The number of phenols is 1. The number of ether oxygens (including phenoxy) is 2. The molecule has 0 fully saturated rings. The maximum absolute atomic E-state index is 12.7. The van der Waals surface area contributed by atoms with Crippen molar-refractivity contribution in [2.24, 2.45) is 5.10 Å². The molecule has 0 unspecified atom stereocenters. The van der Waals surface area contributed by atoms with Gasteiger partial charge in [0, 0.05) is 23.9 Å². The van der Waals surface area contributed by atoms with E-state index >= 15 is 0 Å². The predicted molar refractivity (Wildman–Crippen MR) is 116 cm³/mol. The van der Waals surface area contributed by atoms with E-state index in [0.29, 0.717) is 11.3 Å². The summed E-state index contributed by atoms with van der Waals surface area (Å²) in [5.41, 5.74) is 4.17. The molecule has 10 heteroatoms. The number of methoxy groups -OCH3 is 1. The Morgan fingerprint density at radius 1 is 1.22 bits per heavy atom. The van der Waals surface area contributed by atoms with Crippen LogP contribution in [0.5, 0.6) is 11.5 Å². The number of hydrogen-bond acceptors (Lipinski definition) is 7. The fourth-order valence-corrected chi connectivity index (χ4v) is 2.78. The van der Waals surface area contributed by atoms with Gasteiger partial charge in [0.2, 0.25) is 0 Å². The maximum atomic E-state index is 12.7. The summed E-state index contributed by atoms with van der Waals surface area (Å²) in [5.74, 6) is -0.403. The molecule has 0 aliphatic carbocycles. The molecule has 32 heavy (non-hydrogen) atoms. The van der Waals surface area contributed by atoms with Crippen molar-refractivity contribution < 1.29 is 24.2 Å². The average Bonchev–Trinajstić information content (AvgIpc) is 3.32. The first-order chi connectivity index (χ1) is 15.6. The van der Waals surface area contributed by atoms with Crippen LogP contribution in [0.2, 0.25) is 0 Å². The van der Waals surface area contributed by atoms with Crippen molar-refractivity contribution in [3.63, 3.8) is 0 Å². The summed E-state index contributed by atoms with van der Waals surface area (Å²) in [6, 6.07) is 13.1. The van der Waals surface area contributed by atoms with Gasteiger partial charge in [-0.1, -0.05) is 36.4 Å². The van der Waals surface area contributed by atoms with E-state index in [2.05, 4.69) is 25.8 Å². The maximum Gasteiger partial charge on any atom is 0.408 e. The summed E-state index contributed by atoms with van der Waals surface area (Å²) >= 11 is 0. The van der Waals surface area contributed by atoms with Crippen LogP contribution in [0, 0.1) is 0 Å². The quantitative estimate of drug-likeness (QED) is 0.299. The van der Waals surface area contributed by atoms with Gasteiger partial charge < -0.3 is 24.9 Å². The molecular formula is C22H23N5O5. The van der Waals surface area contributed by atoms with E-state index in [1.54, 1.807) is 24.4 Å². The van der Waals surface area contributed by atoms with Crippen LogP contribution in [0.1, 0.15) is 16.8 Å². The number of para-hydroxylation sites is 1. The standard InChI is InChI=1S/C22H23N5O5/c1-31-19-9-5-8-16(20(19)28)11-25-27-21(29)18(10-17-12-23-14-24-17)26-22(30)32-13-15-6-3-2-4-7-15/h2-9,11-12,14,18,28H,10,13H2,1H3,(H,23,24)(H,26,30)(H,27,29)/b25-11-/t18-/m0/s1. The Kier molecular flexibility index (Phi) is 7.79. The van der Waals surface area contributed by atoms with Crippen LogP contribution in [-0.4, -0.2) is 46.4 Å². The lowest BCUT2D eigenvalue weighted by atomic mass is 10.1. The Balaban J connectivity index is 1.62.